The van der Waals surface area contributed by atoms with Crippen molar-refractivity contribution in [3.05, 3.63) is 24.3 Å². The smallest absolute Gasteiger partial charge is 0.309 e. The highest BCUT2D eigenvalue weighted by Gasteiger charge is 2.21. The van der Waals surface area contributed by atoms with Crippen LogP contribution >= 0.6 is 0 Å². The molecule has 0 aromatic rings. The van der Waals surface area contributed by atoms with Gasteiger partial charge in [0, 0.05) is 0 Å². The molecular weight excluding hydrogens is 256 g/mol. The van der Waals surface area contributed by atoms with E-state index >= 15 is 0 Å². The van der Waals surface area contributed by atoms with Gasteiger partial charge in [0.15, 0.2) is 0 Å². The quantitative estimate of drug-likeness (QED) is 0.441. The molecule has 20 heavy (non-hydrogen) atoms. The second kappa shape index (κ2) is 7.88. The summed E-state index contributed by atoms with van der Waals surface area (Å²) in [6, 6.07) is 0. The fourth-order valence-corrected chi connectivity index (χ4v) is 2.54. The van der Waals surface area contributed by atoms with Crippen molar-refractivity contribution in [2.45, 2.75) is 38.5 Å². The Morgan fingerprint density at radius 3 is 1.60 bits per heavy atom. The van der Waals surface area contributed by atoms with Gasteiger partial charge in [-0.15, -0.1) is 0 Å². The van der Waals surface area contributed by atoms with Crippen LogP contribution in [0.2, 0.25) is 0 Å². The van der Waals surface area contributed by atoms with Gasteiger partial charge in [0.1, 0.15) is 13.2 Å². The lowest BCUT2D eigenvalue weighted by Crippen LogP contribution is -2.23. The topological polar surface area (TPSA) is 52.6 Å². The van der Waals surface area contributed by atoms with E-state index in [1.165, 1.54) is 0 Å². The van der Waals surface area contributed by atoms with Crippen molar-refractivity contribution in [1.29, 1.82) is 0 Å². The first-order chi connectivity index (χ1) is 9.77. The van der Waals surface area contributed by atoms with Crippen molar-refractivity contribution >= 4 is 11.9 Å². The zero-order valence-corrected chi connectivity index (χ0v) is 11.8. The Morgan fingerprint density at radius 2 is 1.25 bits per heavy atom. The van der Waals surface area contributed by atoms with E-state index in [0.717, 1.165) is 38.5 Å². The number of esters is 2. The van der Waals surface area contributed by atoms with Gasteiger partial charge < -0.3 is 9.47 Å². The molecule has 0 saturated carbocycles. The minimum atomic E-state index is -0.175. The number of hydrogen-bond donors (Lipinski definition) is 0. The minimum absolute atomic E-state index is 0.0285. The third-order valence-corrected chi connectivity index (χ3v) is 3.78. The van der Waals surface area contributed by atoms with E-state index in [9.17, 15) is 9.59 Å². The summed E-state index contributed by atoms with van der Waals surface area (Å²) in [4.78, 5) is 23.5. The highest BCUT2D eigenvalue weighted by molar-refractivity contribution is 5.73. The molecule has 0 heterocycles. The van der Waals surface area contributed by atoms with E-state index in [1.807, 2.05) is 12.2 Å². The Labute approximate surface area is 119 Å². The molecule has 110 valence electrons. The summed E-state index contributed by atoms with van der Waals surface area (Å²) in [5, 5.41) is 0. The van der Waals surface area contributed by atoms with Crippen LogP contribution in [-0.4, -0.2) is 25.2 Å². The maximum atomic E-state index is 11.7. The maximum absolute atomic E-state index is 11.7. The molecule has 4 nitrogen and oxygen atoms in total. The summed E-state index contributed by atoms with van der Waals surface area (Å²) in [5.41, 5.74) is 0. The van der Waals surface area contributed by atoms with Gasteiger partial charge in [0.05, 0.1) is 11.8 Å². The van der Waals surface area contributed by atoms with Gasteiger partial charge >= 0.3 is 11.9 Å². The van der Waals surface area contributed by atoms with Crippen LogP contribution < -0.4 is 0 Å². The van der Waals surface area contributed by atoms with E-state index in [1.54, 1.807) is 0 Å². The highest BCUT2D eigenvalue weighted by Crippen LogP contribution is 2.20. The van der Waals surface area contributed by atoms with Crippen LogP contribution in [0.3, 0.4) is 0 Å². The molecule has 0 bridgehead atoms. The van der Waals surface area contributed by atoms with Crippen LogP contribution in [0.1, 0.15) is 38.5 Å². The predicted molar refractivity (Wildman–Crippen MR) is 74.9 cm³/mol. The molecule has 2 unspecified atom stereocenters. The summed E-state index contributed by atoms with van der Waals surface area (Å²) in [6.07, 6.45) is 13.3. The van der Waals surface area contributed by atoms with Crippen LogP contribution in [0.25, 0.3) is 0 Å². The van der Waals surface area contributed by atoms with Gasteiger partial charge in [0.25, 0.3) is 0 Å². The van der Waals surface area contributed by atoms with E-state index in [0.29, 0.717) is 0 Å². The molecule has 0 spiro atoms. The molecule has 0 radical (unpaired) electrons. The molecular formula is C16H22O4. The monoisotopic (exact) mass is 278 g/mol. The van der Waals surface area contributed by atoms with Crippen molar-refractivity contribution in [2.24, 2.45) is 11.8 Å². The van der Waals surface area contributed by atoms with Crippen molar-refractivity contribution in [2.75, 3.05) is 13.2 Å². The van der Waals surface area contributed by atoms with Crippen LogP contribution in [-0.2, 0) is 19.1 Å². The van der Waals surface area contributed by atoms with E-state index in [-0.39, 0.29) is 37.0 Å². The van der Waals surface area contributed by atoms with Gasteiger partial charge in [-0.3, -0.25) is 9.59 Å². The molecule has 0 fully saturated rings. The zero-order valence-electron chi connectivity index (χ0n) is 11.8. The fourth-order valence-electron chi connectivity index (χ4n) is 2.54. The Hall–Kier alpha value is -1.58. The van der Waals surface area contributed by atoms with E-state index in [4.69, 9.17) is 9.47 Å². The SMILES string of the molecule is O=C(OCCOC(=O)C1CC=CCC1)C1CC=CCC1. The Balaban J connectivity index is 1.58. The molecule has 2 aliphatic carbocycles. The van der Waals surface area contributed by atoms with Crippen LogP contribution in [0.15, 0.2) is 24.3 Å². The van der Waals surface area contributed by atoms with Crippen molar-refractivity contribution in [3.63, 3.8) is 0 Å². The average molecular weight is 278 g/mol. The Bertz CT molecular complexity index is 359. The largest absolute Gasteiger partial charge is 0.462 e. The molecule has 0 aromatic carbocycles. The van der Waals surface area contributed by atoms with E-state index in [2.05, 4.69) is 12.2 Å². The normalized spacial score (nSPS) is 25.2. The number of allylic oxidation sites excluding steroid dienone is 4. The maximum Gasteiger partial charge on any atom is 0.309 e. The molecule has 0 amide bonds. The lowest BCUT2D eigenvalue weighted by Gasteiger charge is -2.18. The van der Waals surface area contributed by atoms with Gasteiger partial charge in [0.2, 0.25) is 0 Å². The summed E-state index contributed by atoms with van der Waals surface area (Å²) in [7, 11) is 0. The zero-order chi connectivity index (χ0) is 14.2. The number of hydrogen-bond acceptors (Lipinski definition) is 4. The first-order valence-corrected chi connectivity index (χ1v) is 7.40. The molecule has 0 aromatic heterocycles. The molecule has 2 rings (SSSR count). The average Bonchev–Trinajstić information content (AvgIpc) is 2.53. The predicted octanol–water partition coefficient (Wildman–Crippen LogP) is 2.79. The van der Waals surface area contributed by atoms with Gasteiger partial charge in [-0.1, -0.05) is 24.3 Å². The summed E-state index contributed by atoms with van der Waals surface area (Å²) >= 11 is 0. The Morgan fingerprint density at radius 1 is 0.800 bits per heavy atom. The van der Waals surface area contributed by atoms with E-state index < -0.39 is 0 Å². The number of carbonyl (C=O) groups excluding carboxylic acids is 2. The molecule has 2 atom stereocenters. The third kappa shape index (κ3) is 4.51. The lowest BCUT2D eigenvalue weighted by atomic mass is 9.95. The second-order valence-electron chi connectivity index (χ2n) is 5.30. The number of carbonyl (C=O) groups is 2. The molecule has 0 N–H and O–H groups in total. The molecule has 0 saturated heterocycles. The van der Waals surface area contributed by atoms with Crippen molar-refractivity contribution < 1.29 is 19.1 Å². The highest BCUT2D eigenvalue weighted by atomic mass is 16.6. The van der Waals surface area contributed by atoms with Crippen molar-refractivity contribution in [3.8, 4) is 0 Å². The summed E-state index contributed by atoms with van der Waals surface area (Å²) in [6.45, 7) is 0.320. The van der Waals surface area contributed by atoms with Gasteiger partial charge in [-0.25, -0.2) is 0 Å². The molecule has 0 aliphatic heterocycles. The first kappa shape index (κ1) is 14.8. The number of ether oxygens (including phenoxy) is 2. The number of rotatable bonds is 5. The van der Waals surface area contributed by atoms with Crippen LogP contribution in [0.4, 0.5) is 0 Å². The van der Waals surface area contributed by atoms with Crippen LogP contribution in [0, 0.1) is 11.8 Å². The third-order valence-electron chi connectivity index (χ3n) is 3.78. The Kier molecular flexibility index (Phi) is 5.84. The molecule has 2 aliphatic rings. The van der Waals surface area contributed by atoms with Crippen LogP contribution in [0.5, 0.6) is 0 Å². The molecule has 4 heteroatoms. The summed E-state index contributed by atoms with van der Waals surface area (Å²) < 4.78 is 10.3. The summed E-state index contributed by atoms with van der Waals surface area (Å²) in [5.74, 6) is -0.407. The minimum Gasteiger partial charge on any atom is -0.462 e. The van der Waals surface area contributed by atoms with Gasteiger partial charge in [-0.2, -0.15) is 0 Å². The second-order valence-corrected chi connectivity index (χ2v) is 5.30. The van der Waals surface area contributed by atoms with Crippen molar-refractivity contribution in [1.82, 2.24) is 0 Å². The van der Waals surface area contributed by atoms with Gasteiger partial charge in [-0.05, 0) is 38.5 Å². The lowest BCUT2D eigenvalue weighted by molar-refractivity contribution is -0.157. The first-order valence-electron chi connectivity index (χ1n) is 7.40. The fraction of sp³-hybridized carbons (Fsp3) is 0.625. The standard InChI is InChI=1S/C16H22O4/c17-15(13-7-3-1-4-8-13)19-11-12-20-16(18)14-9-5-2-6-10-14/h1-3,5,13-14H,4,6-12H2.